The first-order valence-electron chi connectivity index (χ1n) is 15.1. The molecule has 0 aliphatic rings. The number of imidazole rings is 1. The van der Waals surface area contributed by atoms with Crippen LogP contribution in [0.4, 0.5) is 0 Å². The highest BCUT2D eigenvalue weighted by Crippen LogP contribution is 2.44. The number of nitrogens with zero attached hydrogens (tertiary/aromatic N) is 2. The van der Waals surface area contributed by atoms with E-state index in [0.29, 0.717) is 5.92 Å². The Hall–Kier alpha value is -4.89. The van der Waals surface area contributed by atoms with Crippen molar-refractivity contribution in [2.24, 2.45) is 0 Å². The van der Waals surface area contributed by atoms with Gasteiger partial charge < -0.3 is 4.42 Å². The van der Waals surface area contributed by atoms with Gasteiger partial charge in [0.25, 0.3) is 0 Å². The Bertz CT molecular complexity index is 2010. The van der Waals surface area contributed by atoms with Gasteiger partial charge in [-0.25, -0.2) is 4.98 Å². The van der Waals surface area contributed by atoms with Gasteiger partial charge in [-0.05, 0) is 70.0 Å². The smallest absolute Gasteiger partial charge is 0.149 e. The number of aromatic nitrogens is 2. The van der Waals surface area contributed by atoms with Crippen LogP contribution in [-0.2, 0) is 5.41 Å². The molecule has 3 nitrogen and oxygen atoms in total. The van der Waals surface area contributed by atoms with Crippen molar-refractivity contribution in [2.45, 2.75) is 46.0 Å². The number of hydrogen-bond acceptors (Lipinski definition) is 2. The lowest BCUT2D eigenvalue weighted by Crippen LogP contribution is -2.13. The maximum absolute atomic E-state index is 6.17. The molecular formula is C40H36N2O. The molecule has 212 valence electrons. The fourth-order valence-electron chi connectivity index (χ4n) is 6.00. The largest absolute Gasteiger partial charge is 0.464 e. The lowest BCUT2D eigenvalue weighted by Gasteiger charge is -2.26. The van der Waals surface area contributed by atoms with Gasteiger partial charge in [-0.15, -0.1) is 0 Å². The Morgan fingerprint density at radius 1 is 0.674 bits per heavy atom. The van der Waals surface area contributed by atoms with Crippen LogP contribution in [-0.4, -0.2) is 9.55 Å². The predicted octanol–water partition coefficient (Wildman–Crippen LogP) is 11.2. The maximum Gasteiger partial charge on any atom is 0.149 e. The fourth-order valence-corrected chi connectivity index (χ4v) is 6.00. The van der Waals surface area contributed by atoms with Gasteiger partial charge in [0.05, 0.1) is 22.3 Å². The van der Waals surface area contributed by atoms with Crippen LogP contribution in [0.15, 0.2) is 126 Å². The molecule has 0 saturated heterocycles. The summed E-state index contributed by atoms with van der Waals surface area (Å²) >= 11 is 0. The molecule has 0 amide bonds. The molecule has 0 unspecified atom stereocenters. The summed E-state index contributed by atoms with van der Waals surface area (Å²) in [5.41, 5.74) is 12.2. The van der Waals surface area contributed by atoms with Crippen molar-refractivity contribution in [2.75, 3.05) is 0 Å². The first kappa shape index (κ1) is 27.0. The van der Waals surface area contributed by atoms with E-state index < -0.39 is 0 Å². The first-order valence-corrected chi connectivity index (χ1v) is 15.1. The molecule has 0 radical (unpaired) electrons. The Morgan fingerprint density at radius 3 is 1.88 bits per heavy atom. The zero-order valence-corrected chi connectivity index (χ0v) is 25.4. The minimum atomic E-state index is -0.0422. The molecule has 0 aliphatic carbocycles. The van der Waals surface area contributed by atoms with Gasteiger partial charge in [0.15, 0.2) is 0 Å². The van der Waals surface area contributed by atoms with Crippen LogP contribution in [0.5, 0.6) is 0 Å². The van der Waals surface area contributed by atoms with Crippen LogP contribution >= 0.6 is 0 Å². The molecule has 0 aliphatic heterocycles. The molecule has 2 heterocycles. The highest BCUT2D eigenvalue weighted by Gasteiger charge is 2.26. The predicted molar refractivity (Wildman–Crippen MR) is 180 cm³/mol. The van der Waals surface area contributed by atoms with Crippen molar-refractivity contribution in [3.05, 3.63) is 133 Å². The molecule has 0 fully saturated rings. The monoisotopic (exact) mass is 560 g/mol. The summed E-state index contributed by atoms with van der Waals surface area (Å²) in [5.74, 6) is 1.28. The number of para-hydroxylation sites is 2. The fraction of sp³-hybridized carbons (Fsp3) is 0.175. The zero-order valence-electron chi connectivity index (χ0n) is 25.4. The van der Waals surface area contributed by atoms with E-state index in [9.17, 15) is 0 Å². The lowest BCUT2D eigenvalue weighted by molar-refractivity contribution is 0.590. The molecule has 0 bridgehead atoms. The quantitative estimate of drug-likeness (QED) is 0.210. The molecule has 0 atom stereocenters. The summed E-state index contributed by atoms with van der Waals surface area (Å²) in [5, 5.41) is 1.08. The third-order valence-corrected chi connectivity index (χ3v) is 8.44. The molecule has 5 aromatic carbocycles. The van der Waals surface area contributed by atoms with Crippen molar-refractivity contribution in [1.82, 2.24) is 9.55 Å². The van der Waals surface area contributed by atoms with E-state index >= 15 is 0 Å². The molecule has 3 heteroatoms. The molecule has 43 heavy (non-hydrogen) atoms. The van der Waals surface area contributed by atoms with Crippen molar-refractivity contribution in [3.63, 3.8) is 0 Å². The van der Waals surface area contributed by atoms with Gasteiger partial charge in [-0.2, -0.15) is 0 Å². The third-order valence-electron chi connectivity index (χ3n) is 8.44. The van der Waals surface area contributed by atoms with Gasteiger partial charge in [-0.3, -0.25) is 4.57 Å². The Balaban J connectivity index is 1.65. The minimum Gasteiger partial charge on any atom is -0.464 e. The number of rotatable bonds is 5. The van der Waals surface area contributed by atoms with Gasteiger partial charge in [0.2, 0.25) is 0 Å². The van der Waals surface area contributed by atoms with E-state index in [-0.39, 0.29) is 5.41 Å². The number of benzene rings is 5. The first-order chi connectivity index (χ1) is 20.8. The molecule has 0 spiro atoms. The van der Waals surface area contributed by atoms with Crippen molar-refractivity contribution >= 4 is 22.0 Å². The average molecular weight is 561 g/mol. The molecule has 0 N–H and O–H groups in total. The summed E-state index contributed by atoms with van der Waals surface area (Å²) < 4.78 is 8.53. The normalized spacial score (nSPS) is 12.0. The van der Waals surface area contributed by atoms with Crippen LogP contribution in [0, 0.1) is 0 Å². The average Bonchev–Trinajstić information content (AvgIpc) is 3.61. The minimum absolute atomic E-state index is 0.0422. The summed E-state index contributed by atoms with van der Waals surface area (Å²) in [6.07, 6.45) is 1.88. The van der Waals surface area contributed by atoms with Crippen LogP contribution in [0.3, 0.4) is 0 Å². The second-order valence-electron chi connectivity index (χ2n) is 12.7. The lowest BCUT2D eigenvalue weighted by atomic mass is 9.82. The molecule has 0 saturated carbocycles. The van der Waals surface area contributed by atoms with Gasteiger partial charge in [0, 0.05) is 16.5 Å². The Labute approximate surface area is 253 Å². The van der Waals surface area contributed by atoms with E-state index in [0.717, 1.165) is 39.1 Å². The van der Waals surface area contributed by atoms with Gasteiger partial charge in [0.1, 0.15) is 17.7 Å². The standard InChI is InChI=1S/C40H36N2O/c1-26(2)29-20-21-37-33(22-29)34(25-43-37)39-41-35-18-12-13-19-36(35)42(39)38-31(27-14-8-6-9-15-27)23-30(40(3,4)5)24-32(38)28-16-10-7-11-17-28/h6-26H,1-5H3. The molecule has 7 aromatic rings. The van der Waals surface area contributed by atoms with Crippen molar-refractivity contribution < 1.29 is 4.42 Å². The van der Waals surface area contributed by atoms with Gasteiger partial charge >= 0.3 is 0 Å². The topological polar surface area (TPSA) is 31.0 Å². The van der Waals surface area contributed by atoms with Crippen LogP contribution in [0.25, 0.3) is 61.3 Å². The highest BCUT2D eigenvalue weighted by atomic mass is 16.3. The molecule has 7 rings (SSSR count). The van der Waals surface area contributed by atoms with E-state index in [1.165, 1.54) is 33.4 Å². The SMILES string of the molecule is CC(C)c1ccc2occ(-c3nc4ccccc4n3-c3c(-c4ccccc4)cc(C(C)(C)C)cc3-c3ccccc3)c2c1. The second kappa shape index (κ2) is 10.4. The summed E-state index contributed by atoms with van der Waals surface area (Å²) in [6, 6.07) is 41.2. The molecular weight excluding hydrogens is 524 g/mol. The third kappa shape index (κ3) is 4.75. The van der Waals surface area contributed by atoms with E-state index in [2.05, 4.69) is 154 Å². The highest BCUT2D eigenvalue weighted by molar-refractivity contribution is 5.98. The summed E-state index contributed by atoms with van der Waals surface area (Å²) in [6.45, 7) is 11.3. The maximum atomic E-state index is 6.17. The Morgan fingerprint density at radius 2 is 1.28 bits per heavy atom. The second-order valence-corrected chi connectivity index (χ2v) is 12.7. The van der Waals surface area contributed by atoms with Crippen molar-refractivity contribution in [1.29, 1.82) is 0 Å². The Kier molecular flexibility index (Phi) is 6.54. The number of furan rings is 1. The van der Waals surface area contributed by atoms with E-state index in [4.69, 9.17) is 9.40 Å². The summed E-state index contributed by atoms with van der Waals surface area (Å²) in [7, 11) is 0. The van der Waals surface area contributed by atoms with E-state index in [1.807, 2.05) is 6.26 Å². The van der Waals surface area contributed by atoms with Crippen LogP contribution in [0.1, 0.15) is 51.7 Å². The van der Waals surface area contributed by atoms with Gasteiger partial charge in [-0.1, -0.05) is 113 Å². The van der Waals surface area contributed by atoms with E-state index in [1.54, 1.807) is 0 Å². The van der Waals surface area contributed by atoms with Crippen LogP contribution in [0.2, 0.25) is 0 Å². The zero-order chi connectivity index (χ0) is 29.7. The summed E-state index contributed by atoms with van der Waals surface area (Å²) in [4.78, 5) is 5.30. The number of hydrogen-bond donors (Lipinski definition) is 0. The number of fused-ring (bicyclic) bond motifs is 2. The van der Waals surface area contributed by atoms with Crippen LogP contribution < -0.4 is 0 Å². The molecule has 2 aromatic heterocycles. The van der Waals surface area contributed by atoms with Crippen molar-refractivity contribution in [3.8, 4) is 39.3 Å².